The Kier molecular flexibility index (Phi) is 5.04. The Morgan fingerprint density at radius 3 is 1.97 bits per heavy atom. The van der Waals surface area contributed by atoms with Crippen molar-refractivity contribution in [2.45, 2.75) is 31.2 Å². The molecule has 1 fully saturated rings. The summed E-state index contributed by atoms with van der Waals surface area (Å²) in [6.45, 7) is 4.75. The summed E-state index contributed by atoms with van der Waals surface area (Å²) in [6.07, 6.45) is 0.891. The highest BCUT2D eigenvalue weighted by Gasteiger charge is 2.56. The number of benzene rings is 2. The fourth-order valence-corrected chi connectivity index (χ4v) is 5.42. The van der Waals surface area contributed by atoms with Gasteiger partial charge in [-0.15, -0.1) is 4.40 Å². The number of nitrogens with zero attached hydrogens (tertiary/aromatic N) is 3. The topological polar surface area (TPSA) is 104 Å². The van der Waals surface area contributed by atoms with E-state index in [0.29, 0.717) is 9.99 Å². The molecule has 0 saturated carbocycles. The van der Waals surface area contributed by atoms with Gasteiger partial charge < -0.3 is 0 Å². The lowest BCUT2D eigenvalue weighted by molar-refractivity contribution is 0.226. The van der Waals surface area contributed by atoms with Crippen molar-refractivity contribution >= 4 is 37.6 Å². The van der Waals surface area contributed by atoms with Gasteiger partial charge in [-0.05, 0) is 45.0 Å². The molecule has 2 aromatic rings. The first kappa shape index (κ1) is 21.0. The summed E-state index contributed by atoms with van der Waals surface area (Å²) in [5, 5.41) is 0. The molecular weight excluding hydrogens is 414 g/mol. The van der Waals surface area contributed by atoms with Crippen molar-refractivity contribution in [1.29, 1.82) is 0 Å². The normalized spacial score (nSPS) is 18.5. The van der Waals surface area contributed by atoms with Crippen molar-refractivity contribution in [3.63, 3.8) is 0 Å². The number of carbonyl (C=O) groups is 1. The number of anilines is 1. The molecule has 0 atom stereocenters. The van der Waals surface area contributed by atoms with E-state index in [1.807, 2.05) is 6.92 Å². The number of hydrogen-bond donors (Lipinski definition) is 0. The van der Waals surface area contributed by atoms with Gasteiger partial charge in [0, 0.05) is 0 Å². The monoisotopic (exact) mass is 435 g/mol. The summed E-state index contributed by atoms with van der Waals surface area (Å²) in [4.78, 5) is 14.3. The third-order valence-electron chi connectivity index (χ3n) is 4.46. The number of hydrogen-bond acceptors (Lipinski definition) is 5. The van der Waals surface area contributed by atoms with Crippen LogP contribution >= 0.6 is 0 Å². The number of urea groups is 1. The first-order valence-electron chi connectivity index (χ1n) is 8.67. The Balaban J connectivity index is 2.26. The number of sulfonamides is 2. The van der Waals surface area contributed by atoms with E-state index in [1.54, 1.807) is 42.5 Å². The van der Waals surface area contributed by atoms with Crippen LogP contribution in [-0.4, -0.2) is 44.8 Å². The Bertz CT molecular complexity index is 1190. The molecule has 1 saturated heterocycles. The SMILES string of the molecule is Cc1ccc(N2C(=O)N(S(=O)(=O)c3ccccc3)C(C)(C)/C2=N/S(C)(=O)=O)cc1. The third kappa shape index (κ3) is 3.77. The number of rotatable bonds is 4. The summed E-state index contributed by atoms with van der Waals surface area (Å²) < 4.78 is 54.9. The molecule has 0 aromatic heterocycles. The van der Waals surface area contributed by atoms with Crippen LogP contribution in [0.2, 0.25) is 0 Å². The van der Waals surface area contributed by atoms with E-state index in [4.69, 9.17) is 0 Å². The minimum atomic E-state index is -4.27. The van der Waals surface area contributed by atoms with Crippen LogP contribution in [-0.2, 0) is 20.0 Å². The minimum absolute atomic E-state index is 0.0779. The standard InChI is InChI=1S/C19H21N3O5S2/c1-14-10-12-15(13-11-14)21-17(20-28(4,24)25)19(2,3)22(18(21)23)29(26,27)16-8-6-5-7-9-16/h5-13H,1-4H3/b20-17-. The lowest BCUT2D eigenvalue weighted by atomic mass is 10.1. The zero-order chi connectivity index (χ0) is 21.6. The maximum atomic E-state index is 13.3. The molecule has 0 radical (unpaired) electrons. The smallest absolute Gasteiger partial charge is 0.246 e. The molecule has 0 aliphatic carbocycles. The average molecular weight is 436 g/mol. The van der Waals surface area contributed by atoms with Crippen LogP contribution in [0.15, 0.2) is 63.9 Å². The van der Waals surface area contributed by atoms with Gasteiger partial charge in [-0.3, -0.25) is 0 Å². The second kappa shape index (κ2) is 6.96. The maximum Gasteiger partial charge on any atom is 0.345 e. The van der Waals surface area contributed by atoms with Gasteiger partial charge in [0.2, 0.25) is 0 Å². The zero-order valence-corrected chi connectivity index (χ0v) is 18.0. The molecule has 0 N–H and O–H groups in total. The summed E-state index contributed by atoms with van der Waals surface area (Å²) in [7, 11) is -8.18. The van der Waals surface area contributed by atoms with E-state index < -0.39 is 31.6 Å². The molecule has 0 bridgehead atoms. The molecule has 1 aliphatic heterocycles. The summed E-state index contributed by atoms with van der Waals surface area (Å²) in [5.74, 6) is -0.187. The Morgan fingerprint density at radius 2 is 1.45 bits per heavy atom. The molecule has 3 rings (SSSR count). The molecule has 10 heteroatoms. The fraction of sp³-hybridized carbons (Fsp3) is 0.263. The van der Waals surface area contributed by atoms with Gasteiger partial charge >= 0.3 is 6.03 Å². The molecule has 0 spiro atoms. The van der Waals surface area contributed by atoms with Crippen LogP contribution in [0.4, 0.5) is 10.5 Å². The van der Waals surface area contributed by atoms with Gasteiger partial charge in [-0.1, -0.05) is 35.9 Å². The van der Waals surface area contributed by atoms with Crippen molar-refractivity contribution in [3.8, 4) is 0 Å². The number of amidine groups is 1. The first-order chi connectivity index (χ1) is 13.4. The molecule has 8 nitrogen and oxygen atoms in total. The minimum Gasteiger partial charge on any atom is -0.246 e. The van der Waals surface area contributed by atoms with Crippen molar-refractivity contribution in [2.75, 3.05) is 11.2 Å². The summed E-state index contributed by atoms with van der Waals surface area (Å²) in [5.41, 5.74) is -0.295. The lowest BCUT2D eigenvalue weighted by Gasteiger charge is -2.28. The van der Waals surface area contributed by atoms with Gasteiger partial charge in [0.05, 0.1) is 16.8 Å². The molecule has 1 heterocycles. The number of aryl methyl sites for hydroxylation is 1. The maximum absolute atomic E-state index is 13.3. The van der Waals surface area contributed by atoms with Gasteiger partial charge in [0.15, 0.2) is 5.84 Å². The highest BCUT2D eigenvalue weighted by atomic mass is 32.2. The molecular formula is C19H21N3O5S2. The Labute approximate surface area is 170 Å². The van der Waals surface area contributed by atoms with Crippen molar-refractivity contribution < 1.29 is 21.6 Å². The van der Waals surface area contributed by atoms with E-state index >= 15 is 0 Å². The van der Waals surface area contributed by atoms with E-state index in [2.05, 4.69) is 4.40 Å². The van der Waals surface area contributed by atoms with Gasteiger partial charge in [0.25, 0.3) is 20.0 Å². The largest absolute Gasteiger partial charge is 0.345 e. The van der Waals surface area contributed by atoms with Crippen LogP contribution in [0.3, 0.4) is 0 Å². The predicted octanol–water partition coefficient (Wildman–Crippen LogP) is 2.76. The van der Waals surface area contributed by atoms with E-state index in [-0.39, 0.29) is 10.7 Å². The van der Waals surface area contributed by atoms with E-state index in [9.17, 15) is 21.6 Å². The average Bonchev–Trinajstić information content (AvgIpc) is 2.81. The van der Waals surface area contributed by atoms with Gasteiger partial charge in [-0.2, -0.15) is 0 Å². The van der Waals surface area contributed by atoms with Crippen LogP contribution in [0.5, 0.6) is 0 Å². The number of carbonyl (C=O) groups excluding carboxylic acids is 1. The fourth-order valence-electron chi connectivity index (χ4n) is 3.12. The van der Waals surface area contributed by atoms with Crippen LogP contribution in [0.1, 0.15) is 19.4 Å². The molecule has 1 aliphatic rings. The quantitative estimate of drug-likeness (QED) is 0.734. The van der Waals surface area contributed by atoms with Crippen molar-refractivity contribution in [3.05, 3.63) is 60.2 Å². The van der Waals surface area contributed by atoms with Crippen LogP contribution in [0, 0.1) is 6.92 Å². The summed E-state index contributed by atoms with van der Waals surface area (Å²) >= 11 is 0. The van der Waals surface area contributed by atoms with E-state index in [1.165, 1.54) is 26.0 Å². The molecule has 29 heavy (non-hydrogen) atoms. The Hall–Kier alpha value is -2.72. The number of amides is 2. The lowest BCUT2D eigenvalue weighted by Crippen LogP contribution is -2.47. The van der Waals surface area contributed by atoms with E-state index in [0.717, 1.165) is 16.7 Å². The van der Waals surface area contributed by atoms with Crippen LogP contribution in [0.25, 0.3) is 0 Å². The van der Waals surface area contributed by atoms with Gasteiger partial charge in [-0.25, -0.2) is 30.8 Å². The molecule has 2 amide bonds. The summed E-state index contributed by atoms with van der Waals surface area (Å²) in [6, 6.07) is 13.3. The highest BCUT2D eigenvalue weighted by Crippen LogP contribution is 2.37. The van der Waals surface area contributed by atoms with Gasteiger partial charge in [0.1, 0.15) is 5.54 Å². The van der Waals surface area contributed by atoms with Crippen molar-refractivity contribution in [1.82, 2.24) is 4.31 Å². The molecule has 0 unspecified atom stereocenters. The molecule has 2 aromatic carbocycles. The second-order valence-corrected chi connectivity index (χ2v) is 10.7. The second-order valence-electron chi connectivity index (χ2n) is 7.24. The van der Waals surface area contributed by atoms with Crippen molar-refractivity contribution in [2.24, 2.45) is 4.40 Å². The third-order valence-corrected chi connectivity index (χ3v) is 6.92. The van der Waals surface area contributed by atoms with Crippen LogP contribution < -0.4 is 4.90 Å². The zero-order valence-electron chi connectivity index (χ0n) is 16.4. The molecule has 154 valence electrons. The first-order valence-corrected chi connectivity index (χ1v) is 12.0. The highest BCUT2D eigenvalue weighted by molar-refractivity contribution is 7.90. The predicted molar refractivity (Wildman–Crippen MR) is 111 cm³/mol. The Morgan fingerprint density at radius 1 is 0.897 bits per heavy atom.